The van der Waals surface area contributed by atoms with Crippen molar-refractivity contribution in [2.24, 2.45) is 0 Å². The SMILES string of the molecule is C=Cc1c2/c(=C\C)n3c4ccccc4c4cccc(c5c6c(cc(c25)n1-c1nc2c(ccc5ccccc52)nc1-c1ccccc1)C(C)(C)c1ccccc1-6)c43. The number of fused-ring (bicyclic) bond motifs is 11. The molecule has 0 spiro atoms. The number of hydrogen-bond acceptors (Lipinski definition) is 2. The molecular formula is C52H36N4. The first kappa shape index (κ1) is 31.3. The Morgan fingerprint density at radius 2 is 1.36 bits per heavy atom. The van der Waals surface area contributed by atoms with E-state index in [2.05, 4.69) is 182 Å². The third-order valence-electron chi connectivity index (χ3n) is 12.6. The minimum Gasteiger partial charge on any atom is -0.308 e. The summed E-state index contributed by atoms with van der Waals surface area (Å²) >= 11 is 0. The molecule has 0 amide bonds. The van der Waals surface area contributed by atoms with Gasteiger partial charge in [-0.05, 0) is 58.8 Å². The highest BCUT2D eigenvalue weighted by Gasteiger charge is 2.39. The Morgan fingerprint density at radius 3 is 2.20 bits per heavy atom. The van der Waals surface area contributed by atoms with E-state index in [-0.39, 0.29) is 5.41 Å². The van der Waals surface area contributed by atoms with Crippen molar-refractivity contribution in [3.05, 3.63) is 168 Å². The number of benzene rings is 7. The van der Waals surface area contributed by atoms with E-state index >= 15 is 0 Å². The van der Waals surface area contributed by atoms with E-state index < -0.39 is 0 Å². The van der Waals surface area contributed by atoms with Gasteiger partial charge < -0.3 is 4.40 Å². The lowest BCUT2D eigenvalue weighted by Crippen LogP contribution is -2.15. The predicted octanol–water partition coefficient (Wildman–Crippen LogP) is 12.6. The van der Waals surface area contributed by atoms with E-state index in [1.54, 1.807) is 0 Å². The lowest BCUT2D eigenvalue weighted by molar-refractivity contribution is 0.661. The molecule has 0 N–H and O–H groups in total. The van der Waals surface area contributed by atoms with Crippen molar-refractivity contribution in [3.63, 3.8) is 0 Å². The highest BCUT2D eigenvalue weighted by molar-refractivity contribution is 6.30. The first-order chi connectivity index (χ1) is 27.5. The molecule has 0 atom stereocenters. The van der Waals surface area contributed by atoms with Gasteiger partial charge >= 0.3 is 0 Å². The zero-order chi connectivity index (χ0) is 37.4. The van der Waals surface area contributed by atoms with Crippen LogP contribution < -0.4 is 5.35 Å². The second-order valence-electron chi connectivity index (χ2n) is 15.7. The zero-order valence-corrected chi connectivity index (χ0v) is 31.4. The largest absolute Gasteiger partial charge is 0.308 e. The van der Waals surface area contributed by atoms with Gasteiger partial charge in [-0.3, -0.25) is 4.57 Å². The van der Waals surface area contributed by atoms with Crippen LogP contribution in [0.5, 0.6) is 0 Å². The molecular weight excluding hydrogens is 681 g/mol. The van der Waals surface area contributed by atoms with E-state index in [0.717, 1.165) is 60.8 Å². The Balaban J connectivity index is 1.41. The Morgan fingerprint density at radius 1 is 0.625 bits per heavy atom. The predicted molar refractivity (Wildman–Crippen MR) is 236 cm³/mol. The smallest absolute Gasteiger partial charge is 0.165 e. The van der Waals surface area contributed by atoms with Crippen LogP contribution in [0.15, 0.2) is 146 Å². The van der Waals surface area contributed by atoms with Crippen LogP contribution in [0.3, 0.4) is 0 Å². The van der Waals surface area contributed by atoms with Gasteiger partial charge in [0.1, 0.15) is 5.69 Å². The molecule has 11 aromatic rings. The van der Waals surface area contributed by atoms with Crippen LogP contribution in [-0.4, -0.2) is 18.9 Å². The lowest BCUT2D eigenvalue weighted by Gasteiger charge is -2.22. The summed E-state index contributed by atoms with van der Waals surface area (Å²) < 4.78 is 4.87. The fourth-order valence-corrected chi connectivity index (χ4v) is 10.2. The molecule has 12 rings (SSSR count). The average Bonchev–Trinajstić information content (AvgIpc) is 3.80. The Labute approximate surface area is 323 Å². The quantitative estimate of drug-likeness (QED) is 0.171. The van der Waals surface area contributed by atoms with Gasteiger partial charge in [0.2, 0.25) is 0 Å². The summed E-state index contributed by atoms with van der Waals surface area (Å²) in [5.41, 5.74) is 13.1. The molecule has 0 aliphatic heterocycles. The number of hydrogen-bond donors (Lipinski definition) is 0. The van der Waals surface area contributed by atoms with E-state index in [1.165, 1.54) is 60.2 Å². The van der Waals surface area contributed by atoms with Crippen molar-refractivity contribution >= 4 is 82.8 Å². The monoisotopic (exact) mass is 716 g/mol. The third-order valence-corrected chi connectivity index (χ3v) is 12.6. The van der Waals surface area contributed by atoms with Crippen molar-refractivity contribution in [3.8, 4) is 28.2 Å². The molecule has 7 aromatic carbocycles. The van der Waals surface area contributed by atoms with E-state index in [0.29, 0.717) is 0 Å². The maximum atomic E-state index is 5.70. The molecule has 0 unspecified atom stereocenters. The summed E-state index contributed by atoms with van der Waals surface area (Å²) in [6.07, 6.45) is 4.32. The van der Waals surface area contributed by atoms with Gasteiger partial charge in [0.15, 0.2) is 5.82 Å². The van der Waals surface area contributed by atoms with E-state index in [9.17, 15) is 0 Å². The third kappa shape index (κ3) is 3.83. The van der Waals surface area contributed by atoms with Gasteiger partial charge in [-0.2, -0.15) is 0 Å². The van der Waals surface area contributed by atoms with Gasteiger partial charge in [0, 0.05) is 48.7 Å². The van der Waals surface area contributed by atoms with Crippen molar-refractivity contribution in [1.29, 1.82) is 0 Å². The summed E-state index contributed by atoms with van der Waals surface area (Å²) in [5, 5.41) is 10.7. The summed E-state index contributed by atoms with van der Waals surface area (Å²) in [4.78, 5) is 11.2. The van der Waals surface area contributed by atoms with Crippen LogP contribution in [0.4, 0.5) is 0 Å². The molecule has 4 aromatic heterocycles. The molecule has 0 radical (unpaired) electrons. The highest BCUT2D eigenvalue weighted by Crippen LogP contribution is 2.55. The molecule has 0 saturated heterocycles. The molecule has 264 valence electrons. The second kappa shape index (κ2) is 11.0. The van der Waals surface area contributed by atoms with Crippen LogP contribution in [0.2, 0.25) is 0 Å². The maximum absolute atomic E-state index is 5.70. The van der Waals surface area contributed by atoms with Crippen LogP contribution in [0, 0.1) is 0 Å². The van der Waals surface area contributed by atoms with Crippen molar-refractivity contribution < 1.29 is 0 Å². The fourth-order valence-electron chi connectivity index (χ4n) is 10.2. The lowest BCUT2D eigenvalue weighted by atomic mass is 9.82. The van der Waals surface area contributed by atoms with Gasteiger partial charge in [0.25, 0.3) is 0 Å². The Bertz CT molecular complexity index is 3580. The number of para-hydroxylation sites is 2. The minimum absolute atomic E-state index is 0.246. The first-order valence-electron chi connectivity index (χ1n) is 19.4. The standard InChI is InChI=1S/C52H36N4/c1-5-40-46-41(6-2)56(51-48(31-18-8-7-9-19-31)53-39-28-27-30-17-10-11-20-32(30)49(39)54-51)43-29-38-44(35-22-12-14-25-37(35)52(38,3)4)45(47(43)46)36-24-16-23-34-33-21-13-15-26-42(33)55(40)50(34)36/h5-29H,2H2,1,3-4H3/b40-5+. The first-order valence-corrected chi connectivity index (χ1v) is 19.4. The van der Waals surface area contributed by atoms with Crippen molar-refractivity contribution in [1.82, 2.24) is 18.9 Å². The topological polar surface area (TPSA) is 35.1 Å². The molecule has 4 nitrogen and oxygen atoms in total. The number of nitrogens with zero attached hydrogens (tertiary/aromatic N) is 4. The van der Waals surface area contributed by atoms with Crippen LogP contribution in [0.25, 0.3) is 111 Å². The molecule has 1 aliphatic rings. The number of aromatic nitrogens is 4. The Kier molecular flexibility index (Phi) is 6.16. The summed E-state index contributed by atoms with van der Waals surface area (Å²) in [7, 11) is 0. The maximum Gasteiger partial charge on any atom is 0.165 e. The van der Waals surface area contributed by atoms with Gasteiger partial charge in [0.05, 0.1) is 38.6 Å². The number of rotatable bonds is 3. The summed E-state index contributed by atoms with van der Waals surface area (Å²) in [5.74, 6) is 0.789. The van der Waals surface area contributed by atoms with E-state index in [4.69, 9.17) is 9.97 Å². The fraction of sp³-hybridized carbons (Fsp3) is 0.0769. The van der Waals surface area contributed by atoms with E-state index in [1.807, 2.05) is 6.08 Å². The average molecular weight is 717 g/mol. The second-order valence-corrected chi connectivity index (χ2v) is 15.7. The molecule has 1 aliphatic carbocycles. The normalized spacial score (nSPS) is 13.9. The van der Waals surface area contributed by atoms with Gasteiger partial charge in [-0.15, -0.1) is 0 Å². The molecule has 4 heterocycles. The van der Waals surface area contributed by atoms with Crippen LogP contribution in [-0.2, 0) is 5.41 Å². The van der Waals surface area contributed by atoms with Crippen LogP contribution in [0.1, 0.15) is 37.6 Å². The molecule has 56 heavy (non-hydrogen) atoms. The molecule has 0 fully saturated rings. The minimum atomic E-state index is -0.246. The van der Waals surface area contributed by atoms with Gasteiger partial charge in [-0.25, -0.2) is 9.97 Å². The summed E-state index contributed by atoms with van der Waals surface area (Å²) in [6.45, 7) is 11.5. The highest BCUT2D eigenvalue weighted by atomic mass is 15.1. The van der Waals surface area contributed by atoms with Crippen LogP contribution >= 0.6 is 0 Å². The molecule has 0 bridgehead atoms. The van der Waals surface area contributed by atoms with Crippen molar-refractivity contribution in [2.45, 2.75) is 26.2 Å². The molecule has 4 heteroatoms. The summed E-state index contributed by atoms with van der Waals surface area (Å²) in [6, 6.07) is 50.4. The van der Waals surface area contributed by atoms with Gasteiger partial charge in [-0.1, -0.05) is 148 Å². The molecule has 0 saturated carbocycles. The van der Waals surface area contributed by atoms with Crippen molar-refractivity contribution in [2.75, 3.05) is 0 Å². The Hall–Kier alpha value is -7.04. The zero-order valence-electron chi connectivity index (χ0n) is 31.4.